The summed E-state index contributed by atoms with van der Waals surface area (Å²) in [6, 6.07) is 20.9. The number of nitrogens with zero attached hydrogens (tertiary/aromatic N) is 1. The first-order valence-electron chi connectivity index (χ1n) is 10.8. The van der Waals surface area contributed by atoms with E-state index < -0.39 is 6.09 Å². The number of amides is 2. The highest BCUT2D eigenvalue weighted by Crippen LogP contribution is 2.27. The second kappa shape index (κ2) is 11.1. The summed E-state index contributed by atoms with van der Waals surface area (Å²) in [5.41, 5.74) is 4.86. The molecule has 32 heavy (non-hydrogen) atoms. The monoisotopic (exact) mass is 431 g/mol. The summed E-state index contributed by atoms with van der Waals surface area (Å²) in [5.74, 6) is -0.178. The SMILES string of the molecule is CCC(C)OC(=O)NCc1ccccc1-c1ccccc1C(=O)NCc1cccc(C)n1. The Morgan fingerprint density at radius 2 is 1.62 bits per heavy atom. The van der Waals surface area contributed by atoms with Crippen LogP contribution in [0.4, 0.5) is 4.79 Å². The summed E-state index contributed by atoms with van der Waals surface area (Å²) in [7, 11) is 0. The average Bonchev–Trinajstić information content (AvgIpc) is 2.81. The van der Waals surface area contributed by atoms with E-state index in [1.807, 2.05) is 81.4 Å². The molecule has 1 aromatic heterocycles. The first kappa shape index (κ1) is 23.0. The van der Waals surface area contributed by atoms with E-state index in [2.05, 4.69) is 15.6 Å². The van der Waals surface area contributed by atoms with Gasteiger partial charge in [-0.2, -0.15) is 0 Å². The van der Waals surface area contributed by atoms with E-state index in [1.54, 1.807) is 6.07 Å². The van der Waals surface area contributed by atoms with Crippen LogP contribution in [0.15, 0.2) is 66.7 Å². The van der Waals surface area contributed by atoms with Crippen molar-refractivity contribution >= 4 is 12.0 Å². The number of hydrogen-bond acceptors (Lipinski definition) is 4. The Hall–Kier alpha value is -3.67. The van der Waals surface area contributed by atoms with Gasteiger partial charge in [0.2, 0.25) is 0 Å². The fraction of sp³-hybridized carbons (Fsp3) is 0.269. The van der Waals surface area contributed by atoms with Crippen LogP contribution in [-0.4, -0.2) is 23.1 Å². The molecular weight excluding hydrogens is 402 g/mol. The van der Waals surface area contributed by atoms with Crippen LogP contribution in [0.25, 0.3) is 11.1 Å². The molecule has 0 aliphatic heterocycles. The number of carbonyl (C=O) groups excluding carboxylic acids is 2. The van der Waals surface area contributed by atoms with Crippen molar-refractivity contribution in [2.24, 2.45) is 0 Å². The number of carbonyl (C=O) groups is 2. The lowest BCUT2D eigenvalue weighted by atomic mass is 9.95. The van der Waals surface area contributed by atoms with Crippen LogP contribution in [0, 0.1) is 6.92 Å². The molecule has 0 aliphatic carbocycles. The van der Waals surface area contributed by atoms with Crippen LogP contribution < -0.4 is 10.6 Å². The highest BCUT2D eigenvalue weighted by molar-refractivity contribution is 6.01. The van der Waals surface area contributed by atoms with Crippen molar-refractivity contribution in [2.75, 3.05) is 0 Å². The van der Waals surface area contributed by atoms with Gasteiger partial charge < -0.3 is 15.4 Å². The van der Waals surface area contributed by atoms with Crippen LogP contribution in [0.2, 0.25) is 0 Å². The number of nitrogens with one attached hydrogen (secondary N) is 2. The van der Waals surface area contributed by atoms with Gasteiger partial charge in [0.05, 0.1) is 12.2 Å². The summed E-state index contributed by atoms with van der Waals surface area (Å²) in [6.45, 7) is 6.39. The van der Waals surface area contributed by atoms with E-state index in [0.717, 1.165) is 34.5 Å². The summed E-state index contributed by atoms with van der Waals surface area (Å²) in [5, 5.41) is 5.76. The van der Waals surface area contributed by atoms with Gasteiger partial charge in [-0.15, -0.1) is 0 Å². The number of rotatable bonds is 8. The minimum atomic E-state index is -0.453. The maximum absolute atomic E-state index is 13.0. The fourth-order valence-electron chi connectivity index (χ4n) is 3.29. The molecule has 0 fully saturated rings. The molecule has 1 atom stereocenters. The molecule has 6 nitrogen and oxygen atoms in total. The molecule has 0 radical (unpaired) electrons. The zero-order valence-corrected chi connectivity index (χ0v) is 18.7. The zero-order valence-electron chi connectivity index (χ0n) is 18.7. The van der Waals surface area contributed by atoms with Gasteiger partial charge in [0.15, 0.2) is 0 Å². The van der Waals surface area contributed by atoms with E-state index in [0.29, 0.717) is 18.7 Å². The molecule has 1 heterocycles. The Morgan fingerprint density at radius 3 is 2.38 bits per heavy atom. The maximum atomic E-state index is 13.0. The predicted molar refractivity (Wildman–Crippen MR) is 125 cm³/mol. The standard InChI is InChI=1S/C26H29N3O3/c1-4-19(3)32-26(31)28-16-20-11-5-6-13-22(20)23-14-7-8-15-24(23)25(30)27-17-21-12-9-10-18(2)29-21/h5-15,19H,4,16-17H2,1-3H3,(H,27,30)(H,28,31). The zero-order chi connectivity index (χ0) is 22.9. The molecule has 1 unspecified atom stereocenters. The third-order valence-electron chi connectivity index (χ3n) is 5.16. The average molecular weight is 432 g/mol. The minimum absolute atomic E-state index is 0.141. The van der Waals surface area contributed by atoms with Crippen molar-refractivity contribution in [2.45, 2.75) is 46.4 Å². The number of benzene rings is 2. The van der Waals surface area contributed by atoms with Crippen LogP contribution in [0.3, 0.4) is 0 Å². The van der Waals surface area contributed by atoms with Gasteiger partial charge in [-0.05, 0) is 55.2 Å². The third kappa shape index (κ3) is 6.17. The second-order valence-electron chi connectivity index (χ2n) is 7.63. The number of aryl methyl sites for hydroxylation is 1. The molecule has 2 N–H and O–H groups in total. The van der Waals surface area contributed by atoms with Crippen LogP contribution in [0.5, 0.6) is 0 Å². The van der Waals surface area contributed by atoms with Gasteiger partial charge in [0, 0.05) is 17.8 Å². The van der Waals surface area contributed by atoms with Gasteiger partial charge in [0.25, 0.3) is 5.91 Å². The predicted octanol–water partition coefficient (Wildman–Crippen LogP) is 5.01. The van der Waals surface area contributed by atoms with Crippen molar-refractivity contribution in [3.8, 4) is 11.1 Å². The summed E-state index contributed by atoms with van der Waals surface area (Å²) >= 11 is 0. The normalized spacial score (nSPS) is 11.5. The van der Waals surface area contributed by atoms with E-state index >= 15 is 0 Å². The molecule has 2 amide bonds. The first-order valence-corrected chi connectivity index (χ1v) is 10.8. The lowest BCUT2D eigenvalue weighted by molar-refractivity contribution is 0.0950. The van der Waals surface area contributed by atoms with E-state index in [4.69, 9.17) is 4.74 Å². The van der Waals surface area contributed by atoms with E-state index in [-0.39, 0.29) is 12.0 Å². The summed E-state index contributed by atoms with van der Waals surface area (Å²) in [4.78, 5) is 29.5. The highest BCUT2D eigenvalue weighted by Gasteiger charge is 2.16. The third-order valence-corrected chi connectivity index (χ3v) is 5.16. The first-order chi connectivity index (χ1) is 15.5. The second-order valence-corrected chi connectivity index (χ2v) is 7.63. The number of ether oxygens (including phenoxy) is 1. The van der Waals surface area contributed by atoms with Gasteiger partial charge in [-0.3, -0.25) is 9.78 Å². The molecule has 0 aliphatic rings. The van der Waals surface area contributed by atoms with Gasteiger partial charge in [0.1, 0.15) is 6.10 Å². The quantitative estimate of drug-likeness (QED) is 0.525. The van der Waals surface area contributed by atoms with Crippen molar-refractivity contribution < 1.29 is 14.3 Å². The van der Waals surface area contributed by atoms with Gasteiger partial charge in [-0.25, -0.2) is 4.79 Å². The Morgan fingerprint density at radius 1 is 0.906 bits per heavy atom. The summed E-state index contributed by atoms with van der Waals surface area (Å²) < 4.78 is 5.29. The smallest absolute Gasteiger partial charge is 0.407 e. The van der Waals surface area contributed by atoms with Crippen LogP contribution in [-0.2, 0) is 17.8 Å². The van der Waals surface area contributed by atoms with Crippen LogP contribution >= 0.6 is 0 Å². The minimum Gasteiger partial charge on any atom is -0.447 e. The highest BCUT2D eigenvalue weighted by atomic mass is 16.6. The lowest BCUT2D eigenvalue weighted by Gasteiger charge is -2.16. The number of hydrogen-bond donors (Lipinski definition) is 2. The molecule has 0 spiro atoms. The van der Waals surface area contributed by atoms with Crippen molar-refractivity contribution in [3.05, 3.63) is 89.2 Å². The number of aromatic nitrogens is 1. The molecule has 0 bridgehead atoms. The maximum Gasteiger partial charge on any atom is 0.407 e. The number of pyridine rings is 1. The lowest BCUT2D eigenvalue weighted by Crippen LogP contribution is -2.27. The molecule has 0 saturated heterocycles. The molecule has 0 saturated carbocycles. The van der Waals surface area contributed by atoms with Crippen LogP contribution in [0.1, 0.15) is 47.6 Å². The Kier molecular flexibility index (Phi) is 7.97. The van der Waals surface area contributed by atoms with E-state index in [1.165, 1.54) is 0 Å². The Labute approximate surface area is 189 Å². The molecule has 6 heteroatoms. The van der Waals surface area contributed by atoms with E-state index in [9.17, 15) is 9.59 Å². The van der Waals surface area contributed by atoms with Gasteiger partial charge in [-0.1, -0.05) is 55.5 Å². The molecule has 2 aromatic carbocycles. The van der Waals surface area contributed by atoms with Crippen molar-refractivity contribution in [3.63, 3.8) is 0 Å². The van der Waals surface area contributed by atoms with Crippen molar-refractivity contribution in [1.82, 2.24) is 15.6 Å². The Bertz CT molecular complexity index is 1080. The Balaban J connectivity index is 1.77. The van der Waals surface area contributed by atoms with Crippen molar-refractivity contribution in [1.29, 1.82) is 0 Å². The fourth-order valence-corrected chi connectivity index (χ4v) is 3.29. The number of alkyl carbamates (subject to hydrolysis) is 1. The molecular formula is C26H29N3O3. The molecule has 3 aromatic rings. The summed E-state index contributed by atoms with van der Waals surface area (Å²) in [6.07, 6.45) is 0.160. The topological polar surface area (TPSA) is 80.3 Å². The van der Waals surface area contributed by atoms with Gasteiger partial charge >= 0.3 is 6.09 Å². The molecule has 166 valence electrons. The largest absolute Gasteiger partial charge is 0.447 e. The molecule has 3 rings (SSSR count).